The molecule has 0 radical (unpaired) electrons. The smallest absolute Gasteiger partial charge is 0.261 e. The van der Waals surface area contributed by atoms with Crippen molar-refractivity contribution in [2.45, 2.75) is 20.8 Å². The summed E-state index contributed by atoms with van der Waals surface area (Å²) in [5.74, 6) is -0.257. The second-order valence-electron chi connectivity index (χ2n) is 5.25. The van der Waals surface area contributed by atoms with Crippen LogP contribution < -0.4 is 5.32 Å². The molecular formula is C16H15ClN4O. The summed E-state index contributed by atoms with van der Waals surface area (Å²) < 4.78 is 1.66. The van der Waals surface area contributed by atoms with E-state index in [2.05, 4.69) is 15.4 Å². The zero-order valence-electron chi connectivity index (χ0n) is 12.5. The van der Waals surface area contributed by atoms with Crippen LogP contribution in [0.15, 0.2) is 30.5 Å². The monoisotopic (exact) mass is 314 g/mol. The zero-order valence-corrected chi connectivity index (χ0v) is 13.3. The Morgan fingerprint density at radius 3 is 2.73 bits per heavy atom. The average Bonchev–Trinajstić information content (AvgIpc) is 2.87. The summed E-state index contributed by atoms with van der Waals surface area (Å²) in [6, 6.07) is 7.32. The Balaban J connectivity index is 1.97. The molecule has 5 nitrogen and oxygen atoms in total. The second-order valence-corrected chi connectivity index (χ2v) is 5.66. The topological polar surface area (TPSA) is 59.3 Å². The molecule has 1 N–H and O–H groups in total. The summed E-state index contributed by atoms with van der Waals surface area (Å²) in [7, 11) is 0. The van der Waals surface area contributed by atoms with Gasteiger partial charge in [0.1, 0.15) is 5.56 Å². The van der Waals surface area contributed by atoms with Crippen LogP contribution >= 0.6 is 11.6 Å². The van der Waals surface area contributed by atoms with Crippen LogP contribution in [0.5, 0.6) is 0 Å². The van der Waals surface area contributed by atoms with Gasteiger partial charge in [-0.3, -0.25) is 4.79 Å². The number of anilines is 1. The van der Waals surface area contributed by atoms with Gasteiger partial charge in [0.05, 0.1) is 6.20 Å². The first-order chi connectivity index (χ1) is 10.5. The molecule has 0 atom stereocenters. The van der Waals surface area contributed by atoms with E-state index in [4.69, 9.17) is 11.6 Å². The minimum absolute atomic E-state index is 0.257. The SMILES string of the molecule is Cc1cc(C)n2ncc(C(=O)Nc3ccc(C)c(Cl)c3)c2n1. The lowest BCUT2D eigenvalue weighted by molar-refractivity contribution is 0.102. The van der Waals surface area contributed by atoms with E-state index in [0.29, 0.717) is 21.9 Å². The molecular weight excluding hydrogens is 300 g/mol. The van der Waals surface area contributed by atoms with Crippen LogP contribution in [0.1, 0.15) is 27.3 Å². The van der Waals surface area contributed by atoms with Crippen molar-refractivity contribution in [3.05, 3.63) is 58.0 Å². The van der Waals surface area contributed by atoms with Gasteiger partial charge in [0.15, 0.2) is 5.65 Å². The van der Waals surface area contributed by atoms with Gasteiger partial charge in [-0.25, -0.2) is 9.50 Å². The number of hydrogen-bond donors (Lipinski definition) is 1. The molecule has 2 heterocycles. The van der Waals surface area contributed by atoms with Crippen LogP contribution in [0.3, 0.4) is 0 Å². The number of nitrogens with one attached hydrogen (secondary N) is 1. The number of aryl methyl sites for hydroxylation is 3. The number of aromatic nitrogens is 3. The quantitative estimate of drug-likeness (QED) is 0.786. The van der Waals surface area contributed by atoms with Crippen molar-refractivity contribution < 1.29 is 4.79 Å². The maximum Gasteiger partial charge on any atom is 0.261 e. The van der Waals surface area contributed by atoms with E-state index < -0.39 is 0 Å². The van der Waals surface area contributed by atoms with Crippen molar-refractivity contribution in [2.75, 3.05) is 5.32 Å². The highest BCUT2D eigenvalue weighted by Gasteiger charge is 2.15. The molecule has 2 aromatic heterocycles. The van der Waals surface area contributed by atoms with Gasteiger partial charge in [-0.05, 0) is 44.5 Å². The van der Waals surface area contributed by atoms with Gasteiger partial charge in [0, 0.05) is 22.1 Å². The summed E-state index contributed by atoms with van der Waals surface area (Å²) in [6.07, 6.45) is 1.53. The average molecular weight is 315 g/mol. The largest absolute Gasteiger partial charge is 0.322 e. The normalized spacial score (nSPS) is 10.9. The third kappa shape index (κ3) is 2.55. The second kappa shape index (κ2) is 5.42. The van der Waals surface area contributed by atoms with Gasteiger partial charge in [-0.15, -0.1) is 0 Å². The fourth-order valence-electron chi connectivity index (χ4n) is 2.30. The van der Waals surface area contributed by atoms with E-state index in [1.807, 2.05) is 39.0 Å². The zero-order chi connectivity index (χ0) is 15.9. The van der Waals surface area contributed by atoms with Crippen LogP contribution in [0.2, 0.25) is 5.02 Å². The molecule has 0 bridgehead atoms. The molecule has 6 heteroatoms. The van der Waals surface area contributed by atoms with Gasteiger partial charge in [-0.1, -0.05) is 17.7 Å². The predicted molar refractivity (Wildman–Crippen MR) is 86.6 cm³/mol. The molecule has 0 saturated carbocycles. The lowest BCUT2D eigenvalue weighted by atomic mass is 10.2. The van der Waals surface area contributed by atoms with Crippen LogP contribution in [-0.2, 0) is 0 Å². The third-order valence-corrected chi connectivity index (χ3v) is 3.86. The van der Waals surface area contributed by atoms with Crippen LogP contribution in [-0.4, -0.2) is 20.5 Å². The Bertz CT molecular complexity index is 885. The summed E-state index contributed by atoms with van der Waals surface area (Å²) in [4.78, 5) is 16.9. The summed E-state index contributed by atoms with van der Waals surface area (Å²) >= 11 is 6.08. The number of hydrogen-bond acceptors (Lipinski definition) is 3. The van der Waals surface area contributed by atoms with Crippen molar-refractivity contribution in [3.8, 4) is 0 Å². The Kier molecular flexibility index (Phi) is 3.58. The number of carbonyl (C=O) groups excluding carboxylic acids is 1. The van der Waals surface area contributed by atoms with E-state index in [0.717, 1.165) is 17.0 Å². The lowest BCUT2D eigenvalue weighted by Gasteiger charge is -2.06. The van der Waals surface area contributed by atoms with Crippen LogP contribution in [0, 0.1) is 20.8 Å². The van der Waals surface area contributed by atoms with Gasteiger partial charge >= 0.3 is 0 Å². The standard InChI is InChI=1S/C16H15ClN4O/c1-9-4-5-12(7-14(9)17)20-16(22)13-8-18-21-11(3)6-10(2)19-15(13)21/h4-8H,1-3H3,(H,20,22). The lowest BCUT2D eigenvalue weighted by Crippen LogP contribution is -2.12. The van der Waals surface area contributed by atoms with E-state index >= 15 is 0 Å². The number of rotatable bonds is 2. The summed E-state index contributed by atoms with van der Waals surface area (Å²) in [6.45, 7) is 5.73. The maximum absolute atomic E-state index is 12.5. The fraction of sp³-hybridized carbons (Fsp3) is 0.188. The fourth-order valence-corrected chi connectivity index (χ4v) is 2.48. The maximum atomic E-state index is 12.5. The molecule has 1 amide bonds. The minimum Gasteiger partial charge on any atom is -0.322 e. The molecule has 112 valence electrons. The first-order valence-electron chi connectivity index (χ1n) is 6.85. The molecule has 1 aromatic carbocycles. The first kappa shape index (κ1) is 14.5. The Labute approximate surface area is 132 Å². The van der Waals surface area contributed by atoms with E-state index in [-0.39, 0.29) is 5.91 Å². The van der Waals surface area contributed by atoms with Gasteiger partial charge < -0.3 is 5.32 Å². The Hall–Kier alpha value is -2.40. The Morgan fingerprint density at radius 2 is 2.00 bits per heavy atom. The highest BCUT2D eigenvalue weighted by Crippen LogP contribution is 2.21. The number of halogens is 1. The Morgan fingerprint density at radius 1 is 1.23 bits per heavy atom. The third-order valence-electron chi connectivity index (χ3n) is 3.45. The molecule has 3 rings (SSSR count). The molecule has 0 aliphatic carbocycles. The molecule has 22 heavy (non-hydrogen) atoms. The minimum atomic E-state index is -0.257. The number of nitrogens with zero attached hydrogens (tertiary/aromatic N) is 3. The summed E-state index contributed by atoms with van der Waals surface area (Å²) in [5, 5.41) is 7.66. The molecule has 0 spiro atoms. The number of fused-ring (bicyclic) bond motifs is 1. The molecule has 0 aliphatic heterocycles. The molecule has 0 fully saturated rings. The predicted octanol–water partition coefficient (Wildman–Crippen LogP) is 3.56. The van der Waals surface area contributed by atoms with Crippen molar-refractivity contribution >= 4 is 28.8 Å². The van der Waals surface area contributed by atoms with Crippen molar-refractivity contribution in [1.29, 1.82) is 0 Å². The highest BCUT2D eigenvalue weighted by molar-refractivity contribution is 6.31. The van der Waals surface area contributed by atoms with Crippen LogP contribution in [0.4, 0.5) is 5.69 Å². The van der Waals surface area contributed by atoms with E-state index in [9.17, 15) is 4.79 Å². The van der Waals surface area contributed by atoms with Crippen molar-refractivity contribution in [3.63, 3.8) is 0 Å². The van der Waals surface area contributed by atoms with E-state index in [1.54, 1.807) is 10.6 Å². The van der Waals surface area contributed by atoms with E-state index in [1.165, 1.54) is 6.20 Å². The van der Waals surface area contributed by atoms with Gasteiger partial charge in [-0.2, -0.15) is 5.10 Å². The first-order valence-corrected chi connectivity index (χ1v) is 7.23. The molecule has 0 saturated heterocycles. The number of amides is 1. The van der Waals surface area contributed by atoms with Crippen molar-refractivity contribution in [1.82, 2.24) is 14.6 Å². The molecule has 0 unspecified atom stereocenters. The number of carbonyl (C=O) groups is 1. The highest BCUT2D eigenvalue weighted by atomic mass is 35.5. The van der Waals surface area contributed by atoms with Crippen molar-refractivity contribution in [2.24, 2.45) is 0 Å². The molecule has 3 aromatic rings. The molecule has 0 aliphatic rings. The summed E-state index contributed by atoms with van der Waals surface area (Å²) in [5.41, 5.74) is 4.36. The van der Waals surface area contributed by atoms with Gasteiger partial charge in [0.2, 0.25) is 0 Å². The van der Waals surface area contributed by atoms with Crippen LogP contribution in [0.25, 0.3) is 5.65 Å². The number of benzene rings is 1. The van der Waals surface area contributed by atoms with Gasteiger partial charge in [0.25, 0.3) is 5.91 Å².